The summed E-state index contributed by atoms with van der Waals surface area (Å²) in [5, 5.41) is 1.51. The van der Waals surface area contributed by atoms with Crippen LogP contribution in [0.1, 0.15) is 12.0 Å². The van der Waals surface area contributed by atoms with Gasteiger partial charge in [-0.3, -0.25) is 0 Å². The Hall–Kier alpha value is -0.340. The fourth-order valence-electron chi connectivity index (χ4n) is 1.09. The van der Waals surface area contributed by atoms with Gasteiger partial charge in [0.25, 0.3) is 0 Å². The van der Waals surface area contributed by atoms with E-state index in [0.717, 1.165) is 11.8 Å². The number of benzene rings is 1. The molecule has 1 aromatic carbocycles. The summed E-state index contributed by atoms with van der Waals surface area (Å²) in [6.07, 6.45) is 5.53. The third kappa shape index (κ3) is 3.81. The zero-order valence-corrected chi connectivity index (χ0v) is 9.98. The lowest BCUT2D eigenvalue weighted by atomic mass is 10.1. The van der Waals surface area contributed by atoms with E-state index in [-0.39, 0.29) is 5.82 Å². The van der Waals surface area contributed by atoms with Gasteiger partial charge in [0, 0.05) is 10.4 Å². The SMILES string of the molecule is Fc1ccc(Cl)cc1C/C=C/CCBr. The first-order valence-corrected chi connectivity index (χ1v) is 5.89. The average Bonchev–Trinajstić information content (AvgIpc) is 2.18. The molecular formula is C11H11BrClF. The third-order valence-electron chi connectivity index (χ3n) is 1.79. The Morgan fingerprint density at radius 1 is 1.36 bits per heavy atom. The van der Waals surface area contributed by atoms with E-state index in [1.165, 1.54) is 6.07 Å². The van der Waals surface area contributed by atoms with Crippen LogP contribution >= 0.6 is 27.5 Å². The number of allylic oxidation sites excluding steroid dienone is 2. The van der Waals surface area contributed by atoms with Crippen molar-refractivity contribution in [3.05, 3.63) is 46.8 Å². The van der Waals surface area contributed by atoms with E-state index in [1.54, 1.807) is 12.1 Å². The lowest BCUT2D eigenvalue weighted by Crippen LogP contribution is -1.87. The van der Waals surface area contributed by atoms with Gasteiger partial charge in [0.2, 0.25) is 0 Å². The molecule has 14 heavy (non-hydrogen) atoms. The van der Waals surface area contributed by atoms with Crippen LogP contribution < -0.4 is 0 Å². The quantitative estimate of drug-likeness (QED) is 0.566. The van der Waals surface area contributed by atoms with Crippen LogP contribution in [0.2, 0.25) is 5.02 Å². The molecule has 0 saturated heterocycles. The van der Waals surface area contributed by atoms with Crippen molar-refractivity contribution < 1.29 is 4.39 Å². The summed E-state index contributed by atoms with van der Waals surface area (Å²) < 4.78 is 13.2. The molecule has 0 N–H and O–H groups in total. The first-order valence-electron chi connectivity index (χ1n) is 4.39. The van der Waals surface area contributed by atoms with E-state index < -0.39 is 0 Å². The number of alkyl halides is 1. The summed E-state index contributed by atoms with van der Waals surface area (Å²) in [6, 6.07) is 4.62. The van der Waals surface area contributed by atoms with E-state index in [0.29, 0.717) is 17.0 Å². The fourth-order valence-corrected chi connectivity index (χ4v) is 1.55. The summed E-state index contributed by atoms with van der Waals surface area (Å²) in [6.45, 7) is 0. The molecule has 0 aliphatic rings. The van der Waals surface area contributed by atoms with Gasteiger partial charge in [-0.05, 0) is 36.6 Å². The maximum Gasteiger partial charge on any atom is 0.126 e. The van der Waals surface area contributed by atoms with Crippen LogP contribution in [0.4, 0.5) is 4.39 Å². The van der Waals surface area contributed by atoms with Crippen LogP contribution in [0.5, 0.6) is 0 Å². The lowest BCUT2D eigenvalue weighted by molar-refractivity contribution is 0.615. The van der Waals surface area contributed by atoms with Gasteiger partial charge in [-0.25, -0.2) is 4.39 Å². The summed E-state index contributed by atoms with van der Waals surface area (Å²) in [4.78, 5) is 0. The zero-order chi connectivity index (χ0) is 10.4. The van der Waals surface area contributed by atoms with E-state index in [4.69, 9.17) is 11.6 Å². The maximum atomic E-state index is 13.2. The Morgan fingerprint density at radius 3 is 2.86 bits per heavy atom. The standard InChI is InChI=1S/C11H11BrClF/c12-7-3-1-2-4-9-8-10(13)5-6-11(9)14/h1-2,5-6,8H,3-4,7H2/b2-1+. The fraction of sp³-hybridized carbons (Fsp3) is 0.273. The molecule has 0 spiro atoms. The van der Waals surface area contributed by atoms with Crippen LogP contribution in [0.25, 0.3) is 0 Å². The van der Waals surface area contributed by atoms with Gasteiger partial charge in [0.15, 0.2) is 0 Å². The molecule has 1 aromatic rings. The Bertz CT molecular complexity index is 323. The molecule has 0 nitrogen and oxygen atoms in total. The second kappa shape index (κ2) is 6.20. The van der Waals surface area contributed by atoms with Crippen LogP contribution in [0.3, 0.4) is 0 Å². The van der Waals surface area contributed by atoms with Crippen molar-refractivity contribution in [3.8, 4) is 0 Å². The summed E-state index contributed by atoms with van der Waals surface area (Å²) in [5.41, 5.74) is 0.642. The summed E-state index contributed by atoms with van der Waals surface area (Å²) in [7, 11) is 0. The molecule has 0 radical (unpaired) electrons. The minimum atomic E-state index is -0.196. The highest BCUT2D eigenvalue weighted by molar-refractivity contribution is 9.09. The molecule has 0 aliphatic carbocycles. The van der Waals surface area contributed by atoms with Gasteiger partial charge < -0.3 is 0 Å². The van der Waals surface area contributed by atoms with Gasteiger partial charge in [-0.1, -0.05) is 39.7 Å². The molecule has 0 bridgehead atoms. The first kappa shape index (κ1) is 11.7. The van der Waals surface area contributed by atoms with Crippen molar-refractivity contribution in [2.45, 2.75) is 12.8 Å². The molecule has 1 rings (SSSR count). The summed E-state index contributed by atoms with van der Waals surface area (Å²) in [5.74, 6) is -0.196. The molecule has 0 saturated carbocycles. The molecule has 0 aromatic heterocycles. The van der Waals surface area contributed by atoms with Crippen molar-refractivity contribution in [2.24, 2.45) is 0 Å². The predicted molar refractivity (Wildman–Crippen MR) is 62.7 cm³/mol. The molecule has 0 unspecified atom stereocenters. The van der Waals surface area contributed by atoms with Gasteiger partial charge in [0.05, 0.1) is 0 Å². The van der Waals surface area contributed by atoms with E-state index in [1.807, 2.05) is 12.2 Å². The van der Waals surface area contributed by atoms with E-state index >= 15 is 0 Å². The van der Waals surface area contributed by atoms with Gasteiger partial charge in [0.1, 0.15) is 5.82 Å². The molecular weight excluding hydrogens is 266 g/mol. The van der Waals surface area contributed by atoms with Gasteiger partial charge in [-0.2, -0.15) is 0 Å². The zero-order valence-electron chi connectivity index (χ0n) is 7.64. The Morgan fingerprint density at radius 2 is 2.14 bits per heavy atom. The van der Waals surface area contributed by atoms with Crippen LogP contribution in [0.15, 0.2) is 30.4 Å². The molecule has 3 heteroatoms. The molecule has 0 amide bonds. The molecule has 0 aliphatic heterocycles. The van der Waals surface area contributed by atoms with Crippen LogP contribution in [-0.2, 0) is 6.42 Å². The second-order valence-corrected chi connectivity index (χ2v) is 4.12. The number of rotatable bonds is 4. The van der Waals surface area contributed by atoms with Crippen molar-refractivity contribution in [1.29, 1.82) is 0 Å². The molecule has 0 heterocycles. The Balaban J connectivity index is 2.62. The highest BCUT2D eigenvalue weighted by Crippen LogP contribution is 2.15. The van der Waals surface area contributed by atoms with Crippen molar-refractivity contribution in [3.63, 3.8) is 0 Å². The highest BCUT2D eigenvalue weighted by Gasteiger charge is 1.99. The number of hydrogen-bond donors (Lipinski definition) is 0. The Kier molecular flexibility index (Phi) is 5.20. The molecule has 0 fully saturated rings. The van der Waals surface area contributed by atoms with Crippen LogP contribution in [0, 0.1) is 5.82 Å². The molecule has 76 valence electrons. The average molecular weight is 278 g/mol. The van der Waals surface area contributed by atoms with Crippen LogP contribution in [-0.4, -0.2) is 5.33 Å². The monoisotopic (exact) mass is 276 g/mol. The van der Waals surface area contributed by atoms with Gasteiger partial charge >= 0.3 is 0 Å². The Labute approximate surface area is 96.9 Å². The van der Waals surface area contributed by atoms with E-state index in [9.17, 15) is 4.39 Å². The third-order valence-corrected chi connectivity index (χ3v) is 2.48. The van der Waals surface area contributed by atoms with Crippen molar-refractivity contribution >= 4 is 27.5 Å². The first-order chi connectivity index (χ1) is 6.74. The maximum absolute atomic E-state index is 13.2. The summed E-state index contributed by atoms with van der Waals surface area (Å²) >= 11 is 9.07. The topological polar surface area (TPSA) is 0 Å². The smallest absolute Gasteiger partial charge is 0.126 e. The lowest BCUT2D eigenvalue weighted by Gasteiger charge is -1.99. The number of hydrogen-bond acceptors (Lipinski definition) is 0. The number of halogens is 3. The van der Waals surface area contributed by atoms with E-state index in [2.05, 4.69) is 15.9 Å². The molecule has 0 atom stereocenters. The highest BCUT2D eigenvalue weighted by atomic mass is 79.9. The van der Waals surface area contributed by atoms with Crippen molar-refractivity contribution in [1.82, 2.24) is 0 Å². The predicted octanol–water partition coefficient (Wildman–Crippen LogP) is 4.36. The minimum Gasteiger partial charge on any atom is -0.207 e. The second-order valence-electron chi connectivity index (χ2n) is 2.89. The largest absolute Gasteiger partial charge is 0.207 e. The van der Waals surface area contributed by atoms with Crippen molar-refractivity contribution in [2.75, 3.05) is 5.33 Å². The van der Waals surface area contributed by atoms with Gasteiger partial charge in [-0.15, -0.1) is 0 Å². The minimum absolute atomic E-state index is 0.196. The normalized spacial score (nSPS) is 11.1.